The Morgan fingerprint density at radius 2 is 2.03 bits per heavy atom. The molecule has 3 heterocycles. The summed E-state index contributed by atoms with van der Waals surface area (Å²) in [7, 11) is 0. The van der Waals surface area contributed by atoms with Gasteiger partial charge in [0.2, 0.25) is 0 Å². The van der Waals surface area contributed by atoms with Crippen LogP contribution in [0.15, 0.2) is 71.3 Å². The third kappa shape index (κ3) is 2.78. The Labute approximate surface area is 172 Å². The molecule has 0 radical (unpaired) electrons. The van der Waals surface area contributed by atoms with Crippen LogP contribution in [0.4, 0.5) is 5.82 Å². The van der Waals surface area contributed by atoms with Crippen LogP contribution in [-0.2, 0) is 11.2 Å². The predicted octanol–water partition coefficient (Wildman–Crippen LogP) is 2.47. The Bertz CT molecular complexity index is 1290. The number of H-pyrrole nitrogens is 1. The second kappa shape index (κ2) is 6.74. The van der Waals surface area contributed by atoms with Crippen LogP contribution in [-0.4, -0.2) is 31.8 Å². The number of benzene rings is 1. The standard InChI is InChI=1S/C23H20N4O3/c1-23(30)17-8-4-5-9-19(17)27(22(23)29)20-13-14(10-11-24-20)12-18-15-6-2-3-7-16(15)21(28)26-25-18/h2-7,9-11,13,17,30H,8,12H2,1H3,(H,26,28). The third-order valence-corrected chi connectivity index (χ3v) is 5.89. The third-order valence-electron chi connectivity index (χ3n) is 5.89. The van der Waals surface area contributed by atoms with Gasteiger partial charge in [0.05, 0.1) is 11.1 Å². The fourth-order valence-corrected chi connectivity index (χ4v) is 4.29. The van der Waals surface area contributed by atoms with E-state index in [9.17, 15) is 14.7 Å². The summed E-state index contributed by atoms with van der Waals surface area (Å²) in [6.45, 7) is 1.56. The Kier molecular flexibility index (Phi) is 4.15. The SMILES string of the molecule is CC1(O)C(=O)N(c2cc(Cc3n[nH]c(=O)c4ccccc34)ccn2)C2=CC=CCC21. The minimum Gasteiger partial charge on any atom is -0.380 e. The number of nitrogens with zero attached hydrogens (tertiary/aromatic N) is 3. The molecule has 2 aromatic heterocycles. The fourth-order valence-electron chi connectivity index (χ4n) is 4.29. The Balaban J connectivity index is 1.54. The van der Waals surface area contributed by atoms with E-state index >= 15 is 0 Å². The van der Waals surface area contributed by atoms with E-state index in [4.69, 9.17) is 0 Å². The minimum absolute atomic E-state index is 0.224. The van der Waals surface area contributed by atoms with Gasteiger partial charge in [-0.1, -0.05) is 30.4 Å². The lowest BCUT2D eigenvalue weighted by Gasteiger charge is -2.22. The van der Waals surface area contributed by atoms with E-state index < -0.39 is 5.60 Å². The van der Waals surface area contributed by atoms with Gasteiger partial charge in [-0.3, -0.25) is 14.5 Å². The van der Waals surface area contributed by atoms with Gasteiger partial charge in [0.25, 0.3) is 11.5 Å². The maximum atomic E-state index is 13.0. The highest BCUT2D eigenvalue weighted by Gasteiger charge is 2.53. The van der Waals surface area contributed by atoms with Crippen LogP contribution < -0.4 is 10.5 Å². The molecule has 1 amide bonds. The minimum atomic E-state index is -1.47. The zero-order valence-electron chi connectivity index (χ0n) is 16.4. The molecule has 0 spiro atoms. The maximum absolute atomic E-state index is 13.0. The summed E-state index contributed by atoms with van der Waals surface area (Å²) < 4.78 is 0. The van der Waals surface area contributed by atoms with Crippen LogP contribution in [0.25, 0.3) is 10.8 Å². The molecule has 1 fully saturated rings. The zero-order chi connectivity index (χ0) is 20.9. The molecule has 150 valence electrons. The Morgan fingerprint density at radius 1 is 1.23 bits per heavy atom. The fraction of sp³-hybridized carbons (Fsp3) is 0.217. The first-order valence-corrected chi connectivity index (χ1v) is 9.81. The molecular weight excluding hydrogens is 380 g/mol. The molecule has 0 bridgehead atoms. The number of hydrogen-bond donors (Lipinski definition) is 2. The first-order valence-electron chi connectivity index (χ1n) is 9.81. The number of rotatable bonds is 3. The van der Waals surface area contributed by atoms with E-state index in [2.05, 4.69) is 15.2 Å². The summed E-state index contributed by atoms with van der Waals surface area (Å²) in [4.78, 5) is 30.9. The molecule has 30 heavy (non-hydrogen) atoms. The summed E-state index contributed by atoms with van der Waals surface area (Å²) in [5.41, 5.74) is 0.695. The zero-order valence-corrected chi connectivity index (χ0v) is 16.4. The molecule has 7 heteroatoms. The number of aliphatic hydroxyl groups is 1. The number of aromatic amines is 1. The van der Waals surface area contributed by atoms with Gasteiger partial charge >= 0.3 is 0 Å². The molecule has 2 atom stereocenters. The topological polar surface area (TPSA) is 99.2 Å². The molecule has 2 unspecified atom stereocenters. The number of allylic oxidation sites excluding steroid dienone is 3. The van der Waals surface area contributed by atoms with E-state index in [1.54, 1.807) is 19.2 Å². The second-order valence-corrected chi connectivity index (χ2v) is 7.84. The van der Waals surface area contributed by atoms with Gasteiger partial charge in [-0.05, 0) is 43.2 Å². The molecular formula is C23H20N4O3. The van der Waals surface area contributed by atoms with Gasteiger partial charge in [-0.25, -0.2) is 10.1 Å². The summed E-state index contributed by atoms with van der Waals surface area (Å²) in [5, 5.41) is 19.0. The van der Waals surface area contributed by atoms with Gasteiger partial charge in [0, 0.05) is 29.6 Å². The summed E-state index contributed by atoms with van der Waals surface area (Å²) in [5.74, 6) is -0.194. The van der Waals surface area contributed by atoms with Crippen LogP contribution in [0, 0.1) is 5.92 Å². The predicted molar refractivity (Wildman–Crippen MR) is 113 cm³/mol. The molecule has 0 saturated carbocycles. The molecule has 1 aliphatic heterocycles. The Morgan fingerprint density at radius 3 is 2.87 bits per heavy atom. The molecule has 7 nitrogen and oxygen atoms in total. The van der Waals surface area contributed by atoms with Crippen LogP contribution in [0.1, 0.15) is 24.6 Å². The average molecular weight is 400 g/mol. The second-order valence-electron chi connectivity index (χ2n) is 7.84. The van der Waals surface area contributed by atoms with Crippen molar-refractivity contribution in [1.82, 2.24) is 15.2 Å². The van der Waals surface area contributed by atoms with Gasteiger partial charge in [-0.15, -0.1) is 0 Å². The van der Waals surface area contributed by atoms with Crippen LogP contribution in [0.5, 0.6) is 0 Å². The molecule has 3 aromatic rings. The van der Waals surface area contributed by atoms with Gasteiger partial charge in [0.15, 0.2) is 0 Å². The van der Waals surface area contributed by atoms with Crippen LogP contribution >= 0.6 is 0 Å². The van der Waals surface area contributed by atoms with Crippen LogP contribution in [0.3, 0.4) is 0 Å². The number of nitrogens with one attached hydrogen (secondary N) is 1. The summed E-state index contributed by atoms with van der Waals surface area (Å²) >= 11 is 0. The number of amides is 1. The first kappa shape index (κ1) is 18.4. The Hall–Kier alpha value is -3.58. The number of carbonyl (C=O) groups excluding carboxylic acids is 1. The van der Waals surface area contributed by atoms with Crippen molar-refractivity contribution in [3.8, 4) is 0 Å². The van der Waals surface area contributed by atoms with Crippen LogP contribution in [0.2, 0.25) is 0 Å². The van der Waals surface area contributed by atoms with E-state index in [1.807, 2.05) is 48.6 Å². The van der Waals surface area contributed by atoms with Crippen molar-refractivity contribution in [2.45, 2.75) is 25.4 Å². The highest BCUT2D eigenvalue weighted by atomic mass is 16.3. The highest BCUT2D eigenvalue weighted by Crippen LogP contribution is 2.43. The largest absolute Gasteiger partial charge is 0.380 e. The number of aromatic nitrogens is 3. The van der Waals surface area contributed by atoms with Crippen molar-refractivity contribution < 1.29 is 9.90 Å². The lowest BCUT2D eigenvalue weighted by molar-refractivity contribution is -0.134. The molecule has 1 aromatic carbocycles. The number of carbonyl (C=O) groups is 1. The van der Waals surface area contributed by atoms with Crippen molar-refractivity contribution >= 4 is 22.5 Å². The molecule has 1 saturated heterocycles. The van der Waals surface area contributed by atoms with Crippen molar-refractivity contribution in [2.24, 2.45) is 5.92 Å². The van der Waals surface area contributed by atoms with E-state index in [1.165, 1.54) is 4.90 Å². The smallest absolute Gasteiger partial charge is 0.272 e. The average Bonchev–Trinajstić information content (AvgIpc) is 2.96. The van der Waals surface area contributed by atoms with Gasteiger partial charge in [-0.2, -0.15) is 5.10 Å². The highest BCUT2D eigenvalue weighted by molar-refractivity contribution is 6.05. The van der Waals surface area contributed by atoms with E-state index in [0.717, 1.165) is 22.3 Å². The number of anilines is 1. The molecule has 2 N–H and O–H groups in total. The van der Waals surface area contributed by atoms with Crippen molar-refractivity contribution in [3.63, 3.8) is 0 Å². The quantitative estimate of drug-likeness (QED) is 0.704. The summed E-state index contributed by atoms with van der Waals surface area (Å²) in [6.07, 6.45) is 8.43. The molecule has 5 rings (SSSR count). The molecule has 2 aliphatic rings. The monoisotopic (exact) mass is 400 g/mol. The number of pyridine rings is 1. The van der Waals surface area contributed by atoms with Crippen molar-refractivity contribution in [2.75, 3.05) is 4.90 Å². The lowest BCUT2D eigenvalue weighted by Crippen LogP contribution is -2.40. The first-order chi connectivity index (χ1) is 14.5. The lowest BCUT2D eigenvalue weighted by atomic mass is 9.85. The summed E-state index contributed by atoms with van der Waals surface area (Å²) in [6, 6.07) is 11.0. The number of fused-ring (bicyclic) bond motifs is 2. The van der Waals surface area contributed by atoms with E-state index in [-0.39, 0.29) is 17.4 Å². The van der Waals surface area contributed by atoms with E-state index in [0.29, 0.717) is 24.0 Å². The van der Waals surface area contributed by atoms with Gasteiger partial charge in [0.1, 0.15) is 11.4 Å². The maximum Gasteiger partial charge on any atom is 0.272 e. The van der Waals surface area contributed by atoms with Crippen molar-refractivity contribution in [1.29, 1.82) is 0 Å². The molecule has 1 aliphatic carbocycles. The normalized spacial score (nSPS) is 23.0. The van der Waals surface area contributed by atoms with Gasteiger partial charge < -0.3 is 5.11 Å². The van der Waals surface area contributed by atoms with Crippen molar-refractivity contribution in [3.05, 3.63) is 88.1 Å². The number of hydrogen-bond acceptors (Lipinski definition) is 5.